The molecule has 2 nitrogen and oxygen atoms in total. The molecule has 2 aromatic carbocycles. The first-order valence-corrected chi connectivity index (χ1v) is 6.61. The Morgan fingerprint density at radius 2 is 1.60 bits per heavy atom. The number of hydrogen-bond acceptors (Lipinski definition) is 1. The van der Waals surface area contributed by atoms with Gasteiger partial charge < -0.3 is 0 Å². The van der Waals surface area contributed by atoms with Crippen LogP contribution in [0.5, 0.6) is 0 Å². The van der Waals surface area contributed by atoms with E-state index in [-0.39, 0.29) is 0 Å². The fraction of sp³-hybridized carbons (Fsp3) is 0.111. The van der Waals surface area contributed by atoms with Crippen LogP contribution in [0, 0.1) is 0 Å². The summed E-state index contributed by atoms with van der Waals surface area (Å²) in [5, 5.41) is 0. The summed E-state index contributed by atoms with van der Waals surface area (Å²) in [6, 6.07) is 20.5. The Balaban J connectivity index is 2.29. The van der Waals surface area contributed by atoms with Crippen LogP contribution < -0.4 is 0 Å². The van der Waals surface area contributed by atoms with E-state index in [0.29, 0.717) is 5.84 Å². The van der Waals surface area contributed by atoms with Crippen LogP contribution in [-0.4, -0.2) is 12.6 Å². The monoisotopic (exact) mass is 262 g/mol. The average molecular weight is 262 g/mol. The van der Waals surface area contributed by atoms with E-state index >= 15 is 0 Å². The summed E-state index contributed by atoms with van der Waals surface area (Å²) in [7, 11) is 0. The molecule has 2 rings (SSSR count). The van der Waals surface area contributed by atoms with Gasteiger partial charge in [-0.3, -0.25) is 0 Å². The molecule has 0 bridgehead atoms. The van der Waals surface area contributed by atoms with Gasteiger partial charge in [0.1, 0.15) is 5.84 Å². The minimum absolute atomic E-state index is 0.674. The van der Waals surface area contributed by atoms with Gasteiger partial charge >= 0.3 is 0 Å². The van der Waals surface area contributed by atoms with Crippen molar-refractivity contribution in [3.05, 3.63) is 77.9 Å². The molecule has 0 N–H and O–H groups in total. The van der Waals surface area contributed by atoms with Gasteiger partial charge in [0.05, 0.1) is 5.70 Å². The maximum atomic E-state index is 4.53. The van der Waals surface area contributed by atoms with Crippen LogP contribution in [0.3, 0.4) is 0 Å². The van der Waals surface area contributed by atoms with Crippen LogP contribution in [0.4, 0.5) is 0 Å². The molecular formula is C18H18N2. The van der Waals surface area contributed by atoms with Crippen molar-refractivity contribution in [2.75, 3.05) is 0 Å². The maximum absolute atomic E-state index is 4.53. The third kappa shape index (κ3) is 4.02. The van der Waals surface area contributed by atoms with Gasteiger partial charge in [0, 0.05) is 0 Å². The normalized spacial score (nSPS) is 12.2. The van der Waals surface area contributed by atoms with E-state index < -0.39 is 0 Å². The van der Waals surface area contributed by atoms with E-state index in [0.717, 1.165) is 17.7 Å². The lowest BCUT2D eigenvalue weighted by Crippen LogP contribution is -1.89. The van der Waals surface area contributed by atoms with E-state index in [2.05, 4.69) is 47.0 Å². The van der Waals surface area contributed by atoms with Crippen LogP contribution in [0.2, 0.25) is 0 Å². The van der Waals surface area contributed by atoms with Crippen molar-refractivity contribution >= 4 is 18.3 Å². The molecule has 0 atom stereocenters. The second kappa shape index (κ2) is 7.19. The van der Waals surface area contributed by atoms with Crippen LogP contribution >= 0.6 is 0 Å². The van der Waals surface area contributed by atoms with Crippen molar-refractivity contribution in [2.24, 2.45) is 9.98 Å². The van der Waals surface area contributed by atoms with Gasteiger partial charge in [0.2, 0.25) is 0 Å². The predicted octanol–water partition coefficient (Wildman–Crippen LogP) is 4.39. The summed E-state index contributed by atoms with van der Waals surface area (Å²) < 4.78 is 0. The fourth-order valence-corrected chi connectivity index (χ4v) is 1.88. The van der Waals surface area contributed by atoms with E-state index in [1.165, 1.54) is 5.56 Å². The van der Waals surface area contributed by atoms with Crippen molar-refractivity contribution < 1.29 is 0 Å². The average Bonchev–Trinajstić information content (AvgIpc) is 2.53. The van der Waals surface area contributed by atoms with Crippen LogP contribution in [-0.2, 0) is 6.42 Å². The summed E-state index contributed by atoms with van der Waals surface area (Å²) in [6.07, 6.45) is 2.97. The molecule has 0 aliphatic rings. The first-order valence-electron chi connectivity index (χ1n) is 6.61. The number of allylic oxidation sites excluding steroid dienone is 1. The highest BCUT2D eigenvalue weighted by Crippen LogP contribution is 2.17. The molecule has 0 aromatic heterocycles. The Labute approximate surface area is 120 Å². The lowest BCUT2D eigenvalue weighted by Gasteiger charge is -2.04. The SMILES string of the molecule is C=NC(C)=N/C(=C\Cc1ccccc1)c1ccccc1. The van der Waals surface area contributed by atoms with Gasteiger partial charge in [-0.05, 0) is 31.2 Å². The number of benzene rings is 2. The number of rotatable bonds is 4. The molecule has 0 fully saturated rings. The smallest absolute Gasteiger partial charge is 0.125 e. The number of amidine groups is 1. The third-order valence-corrected chi connectivity index (χ3v) is 2.95. The van der Waals surface area contributed by atoms with Gasteiger partial charge in [0.25, 0.3) is 0 Å². The van der Waals surface area contributed by atoms with Gasteiger partial charge in [-0.1, -0.05) is 66.7 Å². The maximum Gasteiger partial charge on any atom is 0.125 e. The first kappa shape index (κ1) is 13.9. The molecule has 0 saturated heterocycles. The molecule has 0 spiro atoms. The highest BCUT2D eigenvalue weighted by Gasteiger charge is 2.00. The van der Waals surface area contributed by atoms with Crippen molar-refractivity contribution in [3.8, 4) is 0 Å². The van der Waals surface area contributed by atoms with Gasteiger partial charge in [0.15, 0.2) is 0 Å². The van der Waals surface area contributed by atoms with Crippen LogP contribution in [0.15, 0.2) is 76.7 Å². The summed E-state index contributed by atoms with van der Waals surface area (Å²) >= 11 is 0. The van der Waals surface area contributed by atoms with Gasteiger partial charge in [-0.15, -0.1) is 0 Å². The largest absolute Gasteiger partial charge is 0.250 e. The molecule has 2 heteroatoms. The highest BCUT2D eigenvalue weighted by molar-refractivity contribution is 5.89. The molecule has 0 unspecified atom stereocenters. The third-order valence-electron chi connectivity index (χ3n) is 2.95. The van der Waals surface area contributed by atoms with Gasteiger partial charge in [-0.2, -0.15) is 0 Å². The molecule has 2 aromatic rings. The van der Waals surface area contributed by atoms with E-state index in [1.807, 2.05) is 43.3 Å². The zero-order valence-corrected chi connectivity index (χ0v) is 11.7. The summed E-state index contributed by atoms with van der Waals surface area (Å²) in [4.78, 5) is 8.40. The Hall–Kier alpha value is -2.48. The molecular weight excluding hydrogens is 244 g/mol. The molecule has 0 aliphatic carbocycles. The highest BCUT2D eigenvalue weighted by atomic mass is 14.9. The Morgan fingerprint density at radius 1 is 1.00 bits per heavy atom. The molecule has 0 aliphatic heterocycles. The van der Waals surface area contributed by atoms with Crippen molar-refractivity contribution in [3.63, 3.8) is 0 Å². The van der Waals surface area contributed by atoms with E-state index in [9.17, 15) is 0 Å². The van der Waals surface area contributed by atoms with Crippen molar-refractivity contribution in [1.82, 2.24) is 0 Å². The van der Waals surface area contributed by atoms with Crippen molar-refractivity contribution in [1.29, 1.82) is 0 Å². The van der Waals surface area contributed by atoms with Crippen LogP contribution in [0.25, 0.3) is 5.70 Å². The number of nitrogens with zero attached hydrogens (tertiary/aromatic N) is 2. The summed E-state index contributed by atoms with van der Waals surface area (Å²) in [5.74, 6) is 0.674. The lowest BCUT2D eigenvalue weighted by atomic mass is 10.1. The zero-order valence-electron chi connectivity index (χ0n) is 11.7. The van der Waals surface area contributed by atoms with Crippen LogP contribution in [0.1, 0.15) is 18.1 Å². The number of aliphatic imine (C=N–C) groups is 2. The van der Waals surface area contributed by atoms with Crippen molar-refractivity contribution in [2.45, 2.75) is 13.3 Å². The first-order chi connectivity index (χ1) is 9.79. The molecule has 100 valence electrons. The molecule has 0 heterocycles. The Bertz CT molecular complexity index is 610. The number of hydrogen-bond donors (Lipinski definition) is 0. The Kier molecular flexibility index (Phi) is 5.01. The topological polar surface area (TPSA) is 24.7 Å². The standard InChI is InChI=1S/C18H18N2/c1-15(19-2)20-18(17-11-7-4-8-12-17)14-13-16-9-5-3-6-10-16/h3-12,14H,2,13H2,1H3/b18-14-,20-15?. The second-order valence-electron chi connectivity index (χ2n) is 4.46. The van der Waals surface area contributed by atoms with E-state index in [1.54, 1.807) is 0 Å². The summed E-state index contributed by atoms with van der Waals surface area (Å²) in [6.45, 7) is 5.37. The molecule has 0 radical (unpaired) electrons. The molecule has 0 amide bonds. The minimum atomic E-state index is 0.674. The second-order valence-corrected chi connectivity index (χ2v) is 4.46. The fourth-order valence-electron chi connectivity index (χ4n) is 1.88. The minimum Gasteiger partial charge on any atom is -0.250 e. The van der Waals surface area contributed by atoms with Gasteiger partial charge in [-0.25, -0.2) is 9.98 Å². The molecule has 0 saturated carbocycles. The lowest BCUT2D eigenvalue weighted by molar-refractivity contribution is 1.26. The molecule has 20 heavy (non-hydrogen) atoms. The predicted molar refractivity (Wildman–Crippen MR) is 87.2 cm³/mol. The summed E-state index contributed by atoms with van der Waals surface area (Å²) in [5.41, 5.74) is 3.28. The quantitative estimate of drug-likeness (QED) is 0.576. The Morgan fingerprint density at radius 3 is 2.20 bits per heavy atom. The zero-order chi connectivity index (χ0) is 14.2. The van der Waals surface area contributed by atoms with E-state index in [4.69, 9.17) is 0 Å².